The molecule has 12 heteroatoms. The summed E-state index contributed by atoms with van der Waals surface area (Å²) in [5, 5.41) is 0. The Morgan fingerprint density at radius 3 is 0.250 bits per heavy atom. The summed E-state index contributed by atoms with van der Waals surface area (Å²) in [5.74, 6) is 0. The van der Waals surface area contributed by atoms with Crippen LogP contribution in [-0.2, 0) is 26.2 Å². The van der Waals surface area contributed by atoms with Crippen LogP contribution in [0.4, 0.5) is 0 Å². The van der Waals surface area contributed by atoms with Crippen LogP contribution in [0, 0.1) is 0 Å². The number of hydrogen-bond acceptors (Lipinski definition) is 0. The average molecular weight is 326 g/mol. The van der Waals surface area contributed by atoms with Crippen LogP contribution in [0.15, 0.2) is 0 Å². The fourth-order valence-electron chi connectivity index (χ4n) is 0. The molecule has 0 bridgehead atoms. The van der Waals surface area contributed by atoms with E-state index in [9.17, 15) is 0 Å². The van der Waals surface area contributed by atoms with E-state index in [0.717, 1.165) is 0 Å². The summed E-state index contributed by atoms with van der Waals surface area (Å²) in [6.45, 7) is 0. The Balaban J connectivity index is 0. The Bertz CT molecular complexity index is 12.5. The van der Waals surface area contributed by atoms with Gasteiger partial charge in [0.15, 0.2) is 0 Å². The summed E-state index contributed by atoms with van der Waals surface area (Å²) in [6, 6.07) is 0. The molecule has 0 atom stereocenters. The van der Waals surface area contributed by atoms with Crippen LogP contribution in [0.25, 0.3) is 0 Å². The number of hydrogen-bond donors (Lipinski definition) is 0. The Hall–Kier alpha value is 1.10. The smallest absolute Gasteiger partial charge is 0 e. The van der Waals surface area contributed by atoms with Gasteiger partial charge in [-0.25, -0.2) is 0 Å². The van der Waals surface area contributed by atoms with Crippen molar-refractivity contribution in [2.75, 3.05) is 0 Å². The summed E-state index contributed by atoms with van der Waals surface area (Å²) in [6.07, 6.45) is 0. The van der Waals surface area contributed by atoms with Gasteiger partial charge in [-0.1, -0.05) is 0 Å². The zero-order valence-corrected chi connectivity index (χ0v) is 9.91. The molecular formula is H20Cl2O9Zr. The second-order valence-electron chi connectivity index (χ2n) is 0. The molecular weight excluding hydrogens is 306 g/mol. The van der Waals surface area contributed by atoms with E-state index in [-0.39, 0.29) is 100 Å². The van der Waals surface area contributed by atoms with Gasteiger partial charge in [-0.05, 0) is 0 Å². The van der Waals surface area contributed by atoms with Crippen molar-refractivity contribution in [3.05, 3.63) is 0 Å². The van der Waals surface area contributed by atoms with Gasteiger partial charge in [-0.2, -0.15) is 0 Å². The van der Waals surface area contributed by atoms with E-state index in [2.05, 4.69) is 0 Å². The normalized spacial score (nSPS) is 0. The molecule has 92 valence electrons. The van der Waals surface area contributed by atoms with Gasteiger partial charge < -0.3 is 49.3 Å². The van der Waals surface area contributed by atoms with Crippen LogP contribution < -0.4 is 0 Å². The molecule has 0 unspecified atom stereocenters. The SMILES string of the molecule is Cl.Cl.O.O.O.O.O.O.O.O.O.[Zr]. The second kappa shape index (κ2) is 1230. The summed E-state index contributed by atoms with van der Waals surface area (Å²) in [5.41, 5.74) is 0. The molecule has 0 heterocycles. The molecule has 0 amide bonds. The minimum atomic E-state index is 0. The molecule has 0 aliphatic heterocycles. The van der Waals surface area contributed by atoms with Crippen molar-refractivity contribution < 1.29 is 75.5 Å². The average Bonchev–Trinajstić information content (AvgIpc) is 0. The predicted octanol–water partition coefficient (Wildman–Crippen LogP) is -6.58. The van der Waals surface area contributed by atoms with E-state index in [0.29, 0.717) is 0 Å². The van der Waals surface area contributed by atoms with E-state index in [1.165, 1.54) is 0 Å². The van der Waals surface area contributed by atoms with Crippen LogP contribution in [-0.4, -0.2) is 49.3 Å². The third-order valence-electron chi connectivity index (χ3n) is 0. The Kier molecular flexibility index (Phi) is 161000. The van der Waals surface area contributed by atoms with Crippen LogP contribution in [0.1, 0.15) is 0 Å². The summed E-state index contributed by atoms with van der Waals surface area (Å²) in [7, 11) is 0. The quantitative estimate of drug-likeness (QED) is 0.401. The van der Waals surface area contributed by atoms with Gasteiger partial charge in [0.1, 0.15) is 0 Å². The Labute approximate surface area is 100 Å². The van der Waals surface area contributed by atoms with E-state index in [4.69, 9.17) is 0 Å². The van der Waals surface area contributed by atoms with Crippen LogP contribution in [0.5, 0.6) is 0 Å². The predicted molar refractivity (Wildman–Crippen MR) is 47.0 cm³/mol. The largest absolute Gasteiger partial charge is 0.412 e. The van der Waals surface area contributed by atoms with Gasteiger partial charge in [0.25, 0.3) is 0 Å². The van der Waals surface area contributed by atoms with Gasteiger partial charge in [-0.3, -0.25) is 0 Å². The van der Waals surface area contributed by atoms with E-state index >= 15 is 0 Å². The molecule has 18 N–H and O–H groups in total. The molecule has 0 fully saturated rings. The molecule has 0 radical (unpaired) electrons. The fraction of sp³-hybridized carbons (Fsp3) is 0. The summed E-state index contributed by atoms with van der Waals surface area (Å²) in [4.78, 5) is 0. The van der Waals surface area contributed by atoms with Crippen molar-refractivity contribution in [3.8, 4) is 0 Å². The molecule has 0 aromatic rings. The van der Waals surface area contributed by atoms with Crippen molar-refractivity contribution in [3.63, 3.8) is 0 Å². The first-order valence-corrected chi connectivity index (χ1v) is 0. The van der Waals surface area contributed by atoms with Gasteiger partial charge in [-0.15, -0.1) is 24.8 Å². The molecule has 0 spiro atoms. The zero-order valence-electron chi connectivity index (χ0n) is 5.82. The molecule has 0 saturated heterocycles. The third kappa shape index (κ3) is 931. The first-order chi connectivity index (χ1) is 0. The van der Waals surface area contributed by atoms with Crippen LogP contribution in [0.2, 0.25) is 0 Å². The molecule has 0 rings (SSSR count). The van der Waals surface area contributed by atoms with Crippen molar-refractivity contribution in [2.45, 2.75) is 0 Å². The van der Waals surface area contributed by atoms with Gasteiger partial charge in [0.05, 0.1) is 0 Å². The topological polar surface area (TPSA) is 284 Å². The molecule has 12 heavy (non-hydrogen) atoms. The molecule has 0 saturated carbocycles. The molecule has 0 aliphatic carbocycles. The molecule has 0 aromatic heterocycles. The van der Waals surface area contributed by atoms with E-state index in [1.807, 2.05) is 0 Å². The minimum Gasteiger partial charge on any atom is -0.412 e. The van der Waals surface area contributed by atoms with E-state index in [1.54, 1.807) is 0 Å². The van der Waals surface area contributed by atoms with Crippen molar-refractivity contribution in [1.82, 2.24) is 0 Å². The Morgan fingerprint density at radius 1 is 0.250 bits per heavy atom. The molecule has 0 aliphatic rings. The van der Waals surface area contributed by atoms with Gasteiger partial charge in [0, 0.05) is 26.2 Å². The fourth-order valence-corrected chi connectivity index (χ4v) is 0. The zero-order chi connectivity index (χ0) is 0. The van der Waals surface area contributed by atoms with Crippen molar-refractivity contribution in [2.24, 2.45) is 0 Å². The molecule has 9 nitrogen and oxygen atoms in total. The van der Waals surface area contributed by atoms with E-state index < -0.39 is 0 Å². The minimum absolute atomic E-state index is 0. The maximum Gasteiger partial charge on any atom is 0 e. The number of rotatable bonds is 0. The van der Waals surface area contributed by atoms with Gasteiger partial charge >= 0.3 is 0 Å². The second-order valence-corrected chi connectivity index (χ2v) is 0. The van der Waals surface area contributed by atoms with Crippen molar-refractivity contribution in [1.29, 1.82) is 0 Å². The van der Waals surface area contributed by atoms with Crippen molar-refractivity contribution >= 4 is 24.8 Å². The third-order valence-corrected chi connectivity index (χ3v) is 0. The standard InChI is InChI=1S/2ClH.9H2O.Zr/h2*1H;9*1H2;. The first-order valence-electron chi connectivity index (χ1n) is 0. The van der Waals surface area contributed by atoms with Gasteiger partial charge in [0.2, 0.25) is 0 Å². The van der Waals surface area contributed by atoms with Crippen LogP contribution >= 0.6 is 24.8 Å². The number of halogens is 2. The maximum atomic E-state index is 0. The van der Waals surface area contributed by atoms with Crippen LogP contribution in [0.3, 0.4) is 0 Å². The Morgan fingerprint density at radius 2 is 0.250 bits per heavy atom. The summed E-state index contributed by atoms with van der Waals surface area (Å²) < 4.78 is 0. The maximum absolute atomic E-state index is 0. The summed E-state index contributed by atoms with van der Waals surface area (Å²) >= 11 is 0. The monoisotopic (exact) mass is 324 g/mol. The molecule has 0 aromatic carbocycles. The first kappa shape index (κ1) is 1580.